The van der Waals surface area contributed by atoms with Gasteiger partial charge in [-0.1, -0.05) is 48.5 Å². The molecule has 2 amide bonds. The van der Waals surface area contributed by atoms with Crippen LogP contribution in [0.5, 0.6) is 0 Å². The number of carbonyl (C=O) groups is 2. The molecule has 0 bridgehead atoms. The van der Waals surface area contributed by atoms with Crippen molar-refractivity contribution in [1.29, 1.82) is 0 Å². The van der Waals surface area contributed by atoms with Crippen molar-refractivity contribution >= 4 is 21.8 Å². The van der Waals surface area contributed by atoms with Crippen molar-refractivity contribution in [2.24, 2.45) is 0 Å². The fourth-order valence-electron chi connectivity index (χ4n) is 2.98. The van der Waals surface area contributed by atoms with E-state index in [9.17, 15) is 18.0 Å². The minimum Gasteiger partial charge on any atom is -0.463 e. The van der Waals surface area contributed by atoms with E-state index in [1.165, 1.54) is 12.1 Å². The zero-order valence-corrected chi connectivity index (χ0v) is 16.0. The second kappa shape index (κ2) is 8.26. The first-order chi connectivity index (χ1) is 13.4. The normalized spacial score (nSPS) is 16.9. The molecule has 1 aliphatic rings. The van der Waals surface area contributed by atoms with E-state index in [-0.39, 0.29) is 22.8 Å². The Labute approximate surface area is 163 Å². The third-order valence-corrected chi connectivity index (χ3v) is 5.88. The van der Waals surface area contributed by atoms with Gasteiger partial charge in [-0.15, -0.1) is 0 Å². The molecule has 2 aromatic rings. The van der Waals surface area contributed by atoms with E-state index in [2.05, 4.69) is 10.6 Å². The number of carbonyl (C=O) groups excluding carboxylic acids is 2. The maximum absolute atomic E-state index is 12.8. The summed E-state index contributed by atoms with van der Waals surface area (Å²) in [6, 6.07) is 15.3. The summed E-state index contributed by atoms with van der Waals surface area (Å²) in [6.07, 6.45) is 0. The average Bonchev–Trinajstić information content (AvgIpc) is 2.68. The summed E-state index contributed by atoms with van der Waals surface area (Å²) in [5.74, 6) is -1.20. The molecule has 0 aliphatic carbocycles. The molecule has 1 atom stereocenters. The van der Waals surface area contributed by atoms with Crippen LogP contribution in [-0.4, -0.2) is 32.8 Å². The highest BCUT2D eigenvalue weighted by Gasteiger charge is 2.35. The molecule has 0 fully saturated rings. The molecule has 146 valence electrons. The number of hydrogen-bond donors (Lipinski definition) is 2. The summed E-state index contributed by atoms with van der Waals surface area (Å²) >= 11 is 0. The average molecular weight is 400 g/mol. The van der Waals surface area contributed by atoms with Gasteiger partial charge in [-0.2, -0.15) is 0 Å². The second-order valence-electron chi connectivity index (χ2n) is 6.13. The van der Waals surface area contributed by atoms with Crippen LogP contribution in [0.25, 0.3) is 0 Å². The number of esters is 1. The second-order valence-corrected chi connectivity index (χ2v) is 8.12. The summed E-state index contributed by atoms with van der Waals surface area (Å²) in [5.41, 5.74) is 0.738. The van der Waals surface area contributed by atoms with Crippen molar-refractivity contribution in [2.75, 3.05) is 12.4 Å². The highest BCUT2D eigenvalue weighted by atomic mass is 32.2. The van der Waals surface area contributed by atoms with Crippen LogP contribution in [0, 0.1) is 0 Å². The maximum atomic E-state index is 12.8. The molecular weight excluding hydrogens is 380 g/mol. The fraction of sp³-hybridized carbons (Fsp3) is 0.200. The number of nitrogens with one attached hydrogen (secondary N) is 2. The molecule has 8 heteroatoms. The molecule has 28 heavy (non-hydrogen) atoms. The van der Waals surface area contributed by atoms with Crippen LogP contribution in [-0.2, 0) is 19.4 Å². The predicted octanol–water partition coefficient (Wildman–Crippen LogP) is 2.33. The molecule has 0 radical (unpaired) electrons. The van der Waals surface area contributed by atoms with Gasteiger partial charge in [-0.25, -0.2) is 18.0 Å². The highest BCUT2D eigenvalue weighted by molar-refractivity contribution is 7.91. The van der Waals surface area contributed by atoms with Gasteiger partial charge >= 0.3 is 12.0 Å². The number of benzene rings is 2. The molecule has 1 aliphatic heterocycles. The summed E-state index contributed by atoms with van der Waals surface area (Å²) in [6.45, 7) is 1.78. The van der Waals surface area contributed by atoms with Crippen LogP contribution in [0.3, 0.4) is 0 Å². The van der Waals surface area contributed by atoms with E-state index in [1.54, 1.807) is 55.5 Å². The quantitative estimate of drug-likeness (QED) is 0.725. The van der Waals surface area contributed by atoms with Gasteiger partial charge in [0.15, 0.2) is 9.84 Å². The van der Waals surface area contributed by atoms with Crippen LogP contribution < -0.4 is 10.6 Å². The summed E-state index contributed by atoms with van der Waals surface area (Å²) in [7, 11) is -3.78. The molecule has 0 unspecified atom stereocenters. The van der Waals surface area contributed by atoms with Crippen molar-refractivity contribution in [3.05, 3.63) is 77.5 Å². The Morgan fingerprint density at radius 3 is 2.25 bits per heavy atom. The van der Waals surface area contributed by atoms with E-state index in [0.717, 1.165) is 0 Å². The van der Waals surface area contributed by atoms with Gasteiger partial charge in [0.05, 0.1) is 28.9 Å². The SMILES string of the molecule is CCOC(=O)C1=C(CS(=O)(=O)c2ccccc2)NC(=O)N[C@H]1c1ccccc1. The van der Waals surface area contributed by atoms with E-state index in [4.69, 9.17) is 4.74 Å². The molecule has 2 aromatic carbocycles. The Hall–Kier alpha value is -3.13. The van der Waals surface area contributed by atoms with E-state index in [1.807, 2.05) is 0 Å². The Kier molecular flexibility index (Phi) is 5.79. The fourth-order valence-corrected chi connectivity index (χ4v) is 4.32. The first-order valence-electron chi connectivity index (χ1n) is 8.73. The molecule has 1 heterocycles. The lowest BCUT2D eigenvalue weighted by atomic mass is 9.95. The van der Waals surface area contributed by atoms with Gasteiger partial charge in [0, 0.05) is 5.70 Å². The van der Waals surface area contributed by atoms with Crippen molar-refractivity contribution in [3.63, 3.8) is 0 Å². The van der Waals surface area contributed by atoms with Crippen molar-refractivity contribution in [1.82, 2.24) is 10.6 Å². The van der Waals surface area contributed by atoms with Gasteiger partial charge in [0.1, 0.15) is 0 Å². The predicted molar refractivity (Wildman–Crippen MR) is 103 cm³/mol. The third kappa shape index (κ3) is 4.23. The van der Waals surface area contributed by atoms with Gasteiger partial charge < -0.3 is 15.4 Å². The van der Waals surface area contributed by atoms with E-state index < -0.39 is 33.6 Å². The lowest BCUT2D eigenvalue weighted by molar-refractivity contribution is -0.139. The summed E-state index contributed by atoms with van der Waals surface area (Å²) < 4.78 is 30.8. The number of hydrogen-bond acceptors (Lipinski definition) is 5. The van der Waals surface area contributed by atoms with Crippen LogP contribution in [0.15, 0.2) is 76.8 Å². The van der Waals surface area contributed by atoms with E-state index >= 15 is 0 Å². The number of amides is 2. The van der Waals surface area contributed by atoms with Gasteiger partial charge in [0.2, 0.25) is 0 Å². The monoisotopic (exact) mass is 400 g/mol. The van der Waals surface area contributed by atoms with E-state index in [0.29, 0.717) is 5.56 Å². The molecule has 0 saturated heterocycles. The van der Waals surface area contributed by atoms with Crippen molar-refractivity contribution < 1.29 is 22.7 Å². The summed E-state index contributed by atoms with van der Waals surface area (Å²) in [5, 5.41) is 5.15. The Balaban J connectivity index is 2.09. The molecule has 0 aromatic heterocycles. The largest absolute Gasteiger partial charge is 0.463 e. The minimum atomic E-state index is -3.78. The molecule has 0 saturated carbocycles. The molecule has 2 N–H and O–H groups in total. The number of urea groups is 1. The Bertz CT molecular complexity index is 1000. The highest BCUT2D eigenvalue weighted by Crippen LogP contribution is 2.29. The lowest BCUT2D eigenvalue weighted by Gasteiger charge is -2.29. The Morgan fingerprint density at radius 1 is 1.04 bits per heavy atom. The Morgan fingerprint density at radius 2 is 1.64 bits per heavy atom. The number of ether oxygens (including phenoxy) is 1. The van der Waals surface area contributed by atoms with Crippen LogP contribution >= 0.6 is 0 Å². The van der Waals surface area contributed by atoms with Crippen LogP contribution in [0.1, 0.15) is 18.5 Å². The van der Waals surface area contributed by atoms with Gasteiger partial charge in [0.25, 0.3) is 0 Å². The van der Waals surface area contributed by atoms with Gasteiger partial charge in [-0.3, -0.25) is 0 Å². The maximum Gasteiger partial charge on any atom is 0.338 e. The van der Waals surface area contributed by atoms with Crippen LogP contribution in [0.2, 0.25) is 0 Å². The van der Waals surface area contributed by atoms with Gasteiger partial charge in [-0.05, 0) is 24.6 Å². The van der Waals surface area contributed by atoms with Crippen molar-refractivity contribution in [2.45, 2.75) is 17.9 Å². The number of rotatable bonds is 6. The minimum absolute atomic E-state index is 0.0138. The molecular formula is C20H20N2O5S. The number of sulfone groups is 1. The topological polar surface area (TPSA) is 102 Å². The zero-order chi connectivity index (χ0) is 20.1. The standard InChI is InChI=1S/C20H20N2O5S/c1-2-27-19(23)17-16(13-28(25,26)15-11-7-4-8-12-15)21-20(24)22-18(17)14-9-5-3-6-10-14/h3-12,18H,2,13H2,1H3,(H2,21,22,24)/t18-/m0/s1. The van der Waals surface area contributed by atoms with Crippen LogP contribution in [0.4, 0.5) is 4.79 Å². The zero-order valence-electron chi connectivity index (χ0n) is 15.2. The molecule has 0 spiro atoms. The summed E-state index contributed by atoms with van der Waals surface area (Å²) in [4.78, 5) is 25.0. The molecule has 7 nitrogen and oxygen atoms in total. The smallest absolute Gasteiger partial charge is 0.338 e. The van der Waals surface area contributed by atoms with Crippen molar-refractivity contribution in [3.8, 4) is 0 Å². The first-order valence-corrected chi connectivity index (χ1v) is 10.4. The lowest BCUT2D eigenvalue weighted by Crippen LogP contribution is -2.47. The third-order valence-electron chi connectivity index (χ3n) is 4.22. The first kappa shape index (κ1) is 19.6. The molecule has 3 rings (SSSR count).